The van der Waals surface area contributed by atoms with E-state index in [2.05, 4.69) is 10.1 Å². The van der Waals surface area contributed by atoms with Crippen molar-refractivity contribution in [2.75, 3.05) is 19.0 Å². The molecule has 0 amide bonds. The molecule has 2 rings (SSSR count). The Kier molecular flexibility index (Phi) is 3.23. The van der Waals surface area contributed by atoms with Crippen molar-refractivity contribution in [3.8, 4) is 0 Å². The Bertz CT molecular complexity index is 573. The van der Waals surface area contributed by atoms with Crippen LogP contribution in [0.25, 0.3) is 0 Å². The molecule has 0 aromatic carbocycles. The van der Waals surface area contributed by atoms with E-state index in [1.807, 2.05) is 31.3 Å². The highest BCUT2D eigenvalue weighted by Gasteiger charge is 2.05. The van der Waals surface area contributed by atoms with Gasteiger partial charge in [-0.25, -0.2) is 9.67 Å². The van der Waals surface area contributed by atoms with Crippen LogP contribution in [0.2, 0.25) is 0 Å². The van der Waals surface area contributed by atoms with Crippen LogP contribution >= 0.6 is 11.3 Å². The number of nitrogens with zero attached hydrogens (tertiary/aromatic N) is 4. The van der Waals surface area contributed by atoms with Gasteiger partial charge in [0.1, 0.15) is 5.82 Å². The van der Waals surface area contributed by atoms with Crippen LogP contribution in [0.5, 0.6) is 0 Å². The zero-order valence-electron chi connectivity index (χ0n) is 10.0. The quantitative estimate of drug-likeness (QED) is 0.819. The molecule has 0 bridgehead atoms. The highest BCUT2D eigenvalue weighted by atomic mass is 32.1. The summed E-state index contributed by atoms with van der Waals surface area (Å²) in [6.45, 7) is 2.37. The number of aryl methyl sites for hydroxylation is 1. The Morgan fingerprint density at radius 2 is 2.18 bits per heavy atom. The fourth-order valence-corrected chi connectivity index (χ4v) is 2.03. The SMILES string of the molecule is Cc1nc(Cn2nc(N(C)C)ccc2=O)cs1. The second kappa shape index (κ2) is 4.67. The van der Waals surface area contributed by atoms with Gasteiger partial charge in [-0.3, -0.25) is 4.79 Å². The molecule has 0 saturated carbocycles. The molecule has 90 valence electrons. The van der Waals surface area contributed by atoms with Crippen LogP contribution in [0.15, 0.2) is 22.3 Å². The molecule has 0 atom stereocenters. The van der Waals surface area contributed by atoms with E-state index in [0.29, 0.717) is 6.54 Å². The molecule has 6 heteroatoms. The number of anilines is 1. The van der Waals surface area contributed by atoms with Gasteiger partial charge in [-0.2, -0.15) is 5.10 Å². The Labute approximate surface area is 103 Å². The van der Waals surface area contributed by atoms with E-state index in [0.717, 1.165) is 16.5 Å². The van der Waals surface area contributed by atoms with Crippen molar-refractivity contribution in [1.29, 1.82) is 0 Å². The van der Waals surface area contributed by atoms with Crippen molar-refractivity contribution in [3.63, 3.8) is 0 Å². The van der Waals surface area contributed by atoms with E-state index in [9.17, 15) is 4.79 Å². The zero-order chi connectivity index (χ0) is 12.4. The molecule has 0 N–H and O–H groups in total. The Balaban J connectivity index is 2.31. The Morgan fingerprint density at radius 1 is 1.41 bits per heavy atom. The summed E-state index contributed by atoms with van der Waals surface area (Å²) in [5.74, 6) is 0.761. The predicted octanol–water partition coefficient (Wildman–Crippen LogP) is 1.12. The summed E-state index contributed by atoms with van der Waals surface area (Å²) in [5, 5.41) is 7.22. The maximum atomic E-state index is 11.7. The van der Waals surface area contributed by atoms with Gasteiger partial charge in [0.05, 0.1) is 17.2 Å². The lowest BCUT2D eigenvalue weighted by Crippen LogP contribution is -2.25. The molecular weight excluding hydrogens is 236 g/mol. The van der Waals surface area contributed by atoms with Crippen LogP contribution in [0.4, 0.5) is 5.82 Å². The molecule has 0 fully saturated rings. The molecule has 0 aliphatic rings. The van der Waals surface area contributed by atoms with Gasteiger partial charge in [0.25, 0.3) is 5.56 Å². The number of hydrogen-bond donors (Lipinski definition) is 0. The lowest BCUT2D eigenvalue weighted by Gasteiger charge is -2.12. The lowest BCUT2D eigenvalue weighted by atomic mass is 10.4. The summed E-state index contributed by atoms with van der Waals surface area (Å²) in [4.78, 5) is 17.9. The van der Waals surface area contributed by atoms with Crippen molar-refractivity contribution >= 4 is 17.2 Å². The van der Waals surface area contributed by atoms with Crippen molar-refractivity contribution in [2.24, 2.45) is 0 Å². The largest absolute Gasteiger partial charge is 0.361 e. The van der Waals surface area contributed by atoms with Crippen LogP contribution in [-0.2, 0) is 6.54 Å². The topological polar surface area (TPSA) is 51.0 Å². The standard InChI is InChI=1S/C11H14N4OS/c1-8-12-9(7-17-8)6-15-11(16)5-4-10(13-15)14(2)3/h4-5,7H,6H2,1-3H3. The predicted molar refractivity (Wildman–Crippen MR) is 68.8 cm³/mol. The van der Waals surface area contributed by atoms with E-state index >= 15 is 0 Å². The number of aromatic nitrogens is 3. The second-order valence-corrected chi connectivity index (χ2v) is 5.00. The van der Waals surface area contributed by atoms with Gasteiger partial charge in [0.2, 0.25) is 0 Å². The van der Waals surface area contributed by atoms with Crippen LogP contribution in [-0.4, -0.2) is 28.9 Å². The van der Waals surface area contributed by atoms with Gasteiger partial charge in [-0.05, 0) is 13.0 Å². The third-order valence-electron chi connectivity index (χ3n) is 2.29. The maximum absolute atomic E-state index is 11.7. The van der Waals surface area contributed by atoms with Gasteiger partial charge >= 0.3 is 0 Å². The molecule has 0 spiro atoms. The highest BCUT2D eigenvalue weighted by Crippen LogP contribution is 2.09. The minimum atomic E-state index is -0.110. The molecule has 0 radical (unpaired) electrons. The fourth-order valence-electron chi connectivity index (χ4n) is 1.42. The van der Waals surface area contributed by atoms with E-state index in [1.54, 1.807) is 17.4 Å². The van der Waals surface area contributed by atoms with Crippen LogP contribution < -0.4 is 10.5 Å². The minimum absolute atomic E-state index is 0.110. The van der Waals surface area contributed by atoms with Gasteiger partial charge < -0.3 is 4.90 Å². The summed E-state index contributed by atoms with van der Waals surface area (Å²) < 4.78 is 1.43. The highest BCUT2D eigenvalue weighted by molar-refractivity contribution is 7.09. The first kappa shape index (κ1) is 11.8. The normalized spacial score (nSPS) is 10.5. The van der Waals surface area contributed by atoms with E-state index in [-0.39, 0.29) is 5.56 Å². The summed E-state index contributed by atoms with van der Waals surface area (Å²) in [5.41, 5.74) is 0.763. The van der Waals surface area contributed by atoms with Crippen LogP contribution in [0.3, 0.4) is 0 Å². The van der Waals surface area contributed by atoms with Crippen LogP contribution in [0.1, 0.15) is 10.7 Å². The van der Waals surface area contributed by atoms with Gasteiger partial charge in [-0.15, -0.1) is 11.3 Å². The minimum Gasteiger partial charge on any atom is -0.361 e. The number of rotatable bonds is 3. The molecule has 0 unspecified atom stereocenters. The molecule has 0 aliphatic heterocycles. The fraction of sp³-hybridized carbons (Fsp3) is 0.364. The van der Waals surface area contributed by atoms with E-state index < -0.39 is 0 Å². The third kappa shape index (κ3) is 2.71. The van der Waals surface area contributed by atoms with Gasteiger partial charge in [0, 0.05) is 25.5 Å². The average Bonchev–Trinajstić information content (AvgIpc) is 2.67. The Hall–Kier alpha value is -1.69. The van der Waals surface area contributed by atoms with Crippen molar-refractivity contribution < 1.29 is 0 Å². The molecule has 17 heavy (non-hydrogen) atoms. The van der Waals surface area contributed by atoms with Crippen LogP contribution in [0, 0.1) is 6.92 Å². The van der Waals surface area contributed by atoms with E-state index in [1.165, 1.54) is 10.7 Å². The monoisotopic (exact) mass is 250 g/mol. The van der Waals surface area contributed by atoms with Gasteiger partial charge in [-0.1, -0.05) is 0 Å². The zero-order valence-corrected chi connectivity index (χ0v) is 10.9. The Morgan fingerprint density at radius 3 is 2.76 bits per heavy atom. The second-order valence-electron chi connectivity index (χ2n) is 3.94. The molecule has 5 nitrogen and oxygen atoms in total. The lowest BCUT2D eigenvalue weighted by molar-refractivity contribution is 0.627. The smallest absolute Gasteiger partial charge is 0.267 e. The summed E-state index contributed by atoms with van der Waals surface area (Å²) >= 11 is 1.58. The molecule has 0 aliphatic carbocycles. The number of hydrogen-bond acceptors (Lipinski definition) is 5. The summed E-state index contributed by atoms with van der Waals surface area (Å²) in [6, 6.07) is 3.24. The summed E-state index contributed by atoms with van der Waals surface area (Å²) in [6.07, 6.45) is 0. The first-order valence-corrected chi connectivity index (χ1v) is 6.11. The maximum Gasteiger partial charge on any atom is 0.267 e. The molecule has 2 heterocycles. The molecular formula is C11H14N4OS. The van der Waals surface area contributed by atoms with E-state index in [4.69, 9.17) is 0 Å². The van der Waals surface area contributed by atoms with Crippen molar-refractivity contribution in [1.82, 2.24) is 14.8 Å². The molecule has 0 saturated heterocycles. The number of thiazole rings is 1. The molecule has 2 aromatic rings. The first-order valence-electron chi connectivity index (χ1n) is 5.23. The molecule has 2 aromatic heterocycles. The first-order chi connectivity index (χ1) is 8.06. The average molecular weight is 250 g/mol. The third-order valence-corrected chi connectivity index (χ3v) is 3.11. The summed E-state index contributed by atoms with van der Waals surface area (Å²) in [7, 11) is 3.79. The van der Waals surface area contributed by atoms with Gasteiger partial charge in [0.15, 0.2) is 0 Å². The van der Waals surface area contributed by atoms with Crippen molar-refractivity contribution in [2.45, 2.75) is 13.5 Å². The van der Waals surface area contributed by atoms with Crippen molar-refractivity contribution in [3.05, 3.63) is 38.6 Å².